The second-order valence-electron chi connectivity index (χ2n) is 3.22. The van der Waals surface area contributed by atoms with E-state index in [-0.39, 0.29) is 0 Å². The first-order chi connectivity index (χ1) is 5.27. The lowest BCUT2D eigenvalue weighted by molar-refractivity contribution is 0.390. The Hall–Kier alpha value is -0.0800. The minimum atomic E-state index is 1.10. The summed E-state index contributed by atoms with van der Waals surface area (Å²) in [5.41, 5.74) is 0. The molecule has 0 fully saturated rings. The first-order valence-corrected chi connectivity index (χ1v) is 4.62. The zero-order valence-electron chi connectivity index (χ0n) is 8.19. The molecule has 0 bridgehead atoms. The van der Waals surface area contributed by atoms with Gasteiger partial charge in [0.05, 0.1) is 0 Å². The third kappa shape index (κ3) is 9.92. The minimum absolute atomic E-state index is 1.10. The van der Waals surface area contributed by atoms with Gasteiger partial charge in [-0.25, -0.2) is 0 Å². The molecule has 0 heterocycles. The first kappa shape index (κ1) is 10.9. The van der Waals surface area contributed by atoms with Gasteiger partial charge in [0.25, 0.3) is 0 Å². The van der Waals surface area contributed by atoms with Crippen molar-refractivity contribution in [2.24, 2.45) is 0 Å². The fourth-order valence-corrected chi connectivity index (χ4v) is 1.03. The van der Waals surface area contributed by atoms with Crippen LogP contribution in [-0.2, 0) is 0 Å². The van der Waals surface area contributed by atoms with Crippen LogP contribution in [0.1, 0.15) is 26.2 Å². The van der Waals surface area contributed by atoms with Gasteiger partial charge in [-0.15, -0.1) is 0 Å². The molecule has 0 aliphatic carbocycles. The van der Waals surface area contributed by atoms with Crippen molar-refractivity contribution < 1.29 is 0 Å². The molecule has 0 aromatic carbocycles. The average Bonchev–Trinajstić information content (AvgIpc) is 1.96. The third-order valence-electron chi connectivity index (χ3n) is 1.71. The standard InChI is InChI=1S/C9H22N2/c1-4-10-8-6-5-7-9-11(2)3/h10H,4-9H2,1-3H3. The minimum Gasteiger partial charge on any atom is -0.317 e. The van der Waals surface area contributed by atoms with E-state index in [4.69, 9.17) is 0 Å². The molecule has 68 valence electrons. The van der Waals surface area contributed by atoms with E-state index in [9.17, 15) is 0 Å². The normalized spacial score (nSPS) is 10.9. The molecule has 0 radical (unpaired) electrons. The van der Waals surface area contributed by atoms with Crippen LogP contribution >= 0.6 is 0 Å². The molecule has 2 nitrogen and oxygen atoms in total. The Labute approximate surface area is 71.0 Å². The smallest absolute Gasteiger partial charge is 0.00248 e. The molecular formula is C9H22N2. The molecule has 1 N–H and O–H groups in total. The highest BCUT2D eigenvalue weighted by molar-refractivity contribution is 4.48. The Bertz CT molecular complexity index is 72.0. The van der Waals surface area contributed by atoms with Crippen molar-refractivity contribution in [1.29, 1.82) is 0 Å². The number of nitrogens with zero attached hydrogens (tertiary/aromatic N) is 1. The van der Waals surface area contributed by atoms with Crippen LogP contribution in [-0.4, -0.2) is 38.6 Å². The summed E-state index contributed by atoms with van der Waals surface area (Å²) in [7, 11) is 4.26. The lowest BCUT2D eigenvalue weighted by Crippen LogP contribution is -2.15. The van der Waals surface area contributed by atoms with E-state index in [1.807, 2.05) is 0 Å². The van der Waals surface area contributed by atoms with E-state index in [1.165, 1.54) is 32.4 Å². The Morgan fingerprint density at radius 1 is 1.09 bits per heavy atom. The molecule has 0 atom stereocenters. The number of nitrogens with one attached hydrogen (secondary N) is 1. The number of hydrogen-bond donors (Lipinski definition) is 1. The lowest BCUT2D eigenvalue weighted by atomic mass is 10.2. The highest BCUT2D eigenvalue weighted by atomic mass is 15.0. The van der Waals surface area contributed by atoms with Gasteiger partial charge in [-0.3, -0.25) is 0 Å². The van der Waals surface area contributed by atoms with Gasteiger partial charge in [-0.2, -0.15) is 0 Å². The number of rotatable bonds is 7. The Morgan fingerprint density at radius 2 is 1.82 bits per heavy atom. The first-order valence-electron chi connectivity index (χ1n) is 4.62. The summed E-state index contributed by atoms with van der Waals surface area (Å²) in [6.45, 7) is 5.67. The highest BCUT2D eigenvalue weighted by Gasteiger charge is 1.90. The van der Waals surface area contributed by atoms with Gasteiger partial charge >= 0.3 is 0 Å². The van der Waals surface area contributed by atoms with Crippen LogP contribution in [0.15, 0.2) is 0 Å². The highest BCUT2D eigenvalue weighted by Crippen LogP contribution is 1.94. The summed E-state index contributed by atoms with van der Waals surface area (Å²) in [6.07, 6.45) is 4.01. The third-order valence-corrected chi connectivity index (χ3v) is 1.71. The molecule has 0 aliphatic rings. The molecule has 11 heavy (non-hydrogen) atoms. The molecule has 0 aliphatic heterocycles. The number of unbranched alkanes of at least 4 members (excludes halogenated alkanes) is 2. The summed E-state index contributed by atoms with van der Waals surface area (Å²) in [5.74, 6) is 0. The molecule has 0 amide bonds. The average molecular weight is 158 g/mol. The molecular weight excluding hydrogens is 136 g/mol. The van der Waals surface area contributed by atoms with Gasteiger partial charge in [-0.1, -0.05) is 13.3 Å². The molecule has 0 aromatic rings. The van der Waals surface area contributed by atoms with Gasteiger partial charge in [0.15, 0.2) is 0 Å². The maximum Gasteiger partial charge on any atom is -0.00248 e. The van der Waals surface area contributed by atoms with Crippen LogP contribution < -0.4 is 5.32 Å². The molecule has 0 spiro atoms. The fraction of sp³-hybridized carbons (Fsp3) is 1.00. The SMILES string of the molecule is CCNCCCCCN(C)C. The number of hydrogen-bond acceptors (Lipinski definition) is 2. The van der Waals surface area contributed by atoms with E-state index >= 15 is 0 Å². The monoisotopic (exact) mass is 158 g/mol. The van der Waals surface area contributed by atoms with E-state index in [2.05, 4.69) is 31.2 Å². The van der Waals surface area contributed by atoms with Gasteiger partial charge < -0.3 is 10.2 Å². The molecule has 2 heteroatoms. The van der Waals surface area contributed by atoms with Crippen LogP contribution in [0.5, 0.6) is 0 Å². The quantitative estimate of drug-likeness (QED) is 0.562. The second-order valence-corrected chi connectivity index (χ2v) is 3.22. The maximum atomic E-state index is 3.32. The van der Waals surface area contributed by atoms with E-state index in [1.54, 1.807) is 0 Å². The Balaban J connectivity index is 2.80. The summed E-state index contributed by atoms with van der Waals surface area (Å²) in [6, 6.07) is 0. The Kier molecular flexibility index (Phi) is 7.96. The molecule has 0 saturated carbocycles. The Morgan fingerprint density at radius 3 is 2.36 bits per heavy atom. The molecule has 0 saturated heterocycles. The summed E-state index contributed by atoms with van der Waals surface area (Å²) >= 11 is 0. The van der Waals surface area contributed by atoms with Crippen LogP contribution in [0.4, 0.5) is 0 Å². The van der Waals surface area contributed by atoms with Gasteiger partial charge in [-0.05, 0) is 46.6 Å². The summed E-state index contributed by atoms with van der Waals surface area (Å²) in [4.78, 5) is 2.24. The lowest BCUT2D eigenvalue weighted by Gasteiger charge is -2.08. The van der Waals surface area contributed by atoms with Crippen molar-refractivity contribution in [2.45, 2.75) is 26.2 Å². The van der Waals surface area contributed by atoms with Crippen molar-refractivity contribution >= 4 is 0 Å². The van der Waals surface area contributed by atoms with Crippen molar-refractivity contribution in [3.8, 4) is 0 Å². The van der Waals surface area contributed by atoms with Gasteiger partial charge in [0.1, 0.15) is 0 Å². The van der Waals surface area contributed by atoms with Crippen molar-refractivity contribution in [3.05, 3.63) is 0 Å². The van der Waals surface area contributed by atoms with Crippen molar-refractivity contribution in [2.75, 3.05) is 33.7 Å². The summed E-state index contributed by atoms with van der Waals surface area (Å²) in [5, 5.41) is 3.32. The predicted octanol–water partition coefficient (Wildman–Crippen LogP) is 1.33. The van der Waals surface area contributed by atoms with Crippen molar-refractivity contribution in [1.82, 2.24) is 10.2 Å². The van der Waals surface area contributed by atoms with E-state index < -0.39 is 0 Å². The topological polar surface area (TPSA) is 15.3 Å². The van der Waals surface area contributed by atoms with E-state index in [0.29, 0.717) is 0 Å². The molecule has 0 aromatic heterocycles. The van der Waals surface area contributed by atoms with Crippen LogP contribution in [0, 0.1) is 0 Å². The second kappa shape index (κ2) is 8.02. The molecule has 0 rings (SSSR count). The van der Waals surface area contributed by atoms with Gasteiger partial charge in [0.2, 0.25) is 0 Å². The largest absolute Gasteiger partial charge is 0.317 e. The van der Waals surface area contributed by atoms with E-state index in [0.717, 1.165) is 6.54 Å². The van der Waals surface area contributed by atoms with Crippen LogP contribution in [0.3, 0.4) is 0 Å². The summed E-state index contributed by atoms with van der Waals surface area (Å²) < 4.78 is 0. The zero-order valence-corrected chi connectivity index (χ0v) is 8.19. The van der Waals surface area contributed by atoms with Crippen LogP contribution in [0.25, 0.3) is 0 Å². The van der Waals surface area contributed by atoms with Crippen molar-refractivity contribution in [3.63, 3.8) is 0 Å². The molecule has 0 unspecified atom stereocenters. The fourth-order valence-electron chi connectivity index (χ4n) is 1.03. The van der Waals surface area contributed by atoms with Gasteiger partial charge in [0, 0.05) is 0 Å². The maximum absolute atomic E-state index is 3.32. The predicted molar refractivity (Wildman–Crippen MR) is 50.9 cm³/mol. The van der Waals surface area contributed by atoms with Crippen LogP contribution in [0.2, 0.25) is 0 Å². The zero-order chi connectivity index (χ0) is 8.53.